The van der Waals surface area contributed by atoms with Crippen LogP contribution in [0.15, 0.2) is 24.3 Å². The van der Waals surface area contributed by atoms with Gasteiger partial charge in [0.1, 0.15) is 4.83 Å². The van der Waals surface area contributed by atoms with Gasteiger partial charge in [0.25, 0.3) is 0 Å². The fraction of sp³-hybridized carbons (Fsp3) is 0.182. The highest BCUT2D eigenvalue weighted by Crippen LogP contribution is 2.26. The minimum Gasteiger partial charge on any atom is -0.438 e. The molecular formula is C11H7BrClIO2. The normalized spacial score (nSPS) is 13.6. The third-order valence-corrected chi connectivity index (χ3v) is 3.49. The van der Waals surface area contributed by atoms with Crippen molar-refractivity contribution in [3.8, 4) is 12.3 Å². The molecule has 5 heteroatoms. The Morgan fingerprint density at radius 1 is 1.50 bits per heavy atom. The molecule has 16 heavy (non-hydrogen) atoms. The number of terminal acetylenes is 1. The van der Waals surface area contributed by atoms with Crippen molar-refractivity contribution in [2.24, 2.45) is 0 Å². The zero-order valence-corrected chi connectivity index (χ0v) is 12.5. The highest BCUT2D eigenvalue weighted by Gasteiger charge is 2.20. The molecular weight excluding hydrogens is 406 g/mol. The maximum Gasteiger partial charge on any atom is 0.326 e. The fourth-order valence-corrected chi connectivity index (χ4v) is 1.75. The number of ether oxygens (including phenoxy) is 1. The van der Waals surface area contributed by atoms with E-state index >= 15 is 0 Å². The molecule has 0 aromatic heterocycles. The number of hydrogen-bond donors (Lipinski definition) is 0. The molecule has 0 amide bonds. The smallest absolute Gasteiger partial charge is 0.326 e. The van der Waals surface area contributed by atoms with Crippen LogP contribution >= 0.6 is 50.1 Å². The number of carbonyl (C=O) groups excluding carboxylic acids is 1. The van der Waals surface area contributed by atoms with E-state index in [0.717, 1.165) is 5.56 Å². The molecule has 84 valence electrons. The van der Waals surface area contributed by atoms with Crippen LogP contribution in [-0.4, -0.2) is 10.1 Å². The van der Waals surface area contributed by atoms with Crippen LogP contribution in [0.2, 0.25) is 5.02 Å². The monoisotopic (exact) mass is 412 g/mol. The Balaban J connectivity index is 2.71. The molecule has 1 aromatic rings. The van der Waals surface area contributed by atoms with E-state index < -0.39 is 14.9 Å². The van der Waals surface area contributed by atoms with Crippen LogP contribution in [0.4, 0.5) is 0 Å². The largest absolute Gasteiger partial charge is 0.438 e. The van der Waals surface area contributed by atoms with Crippen LogP contribution in [0.25, 0.3) is 0 Å². The molecule has 0 saturated heterocycles. The zero-order valence-electron chi connectivity index (χ0n) is 7.99. The summed E-state index contributed by atoms with van der Waals surface area (Å²) < 4.78 is 4.42. The first-order valence-corrected chi connectivity index (χ1v) is 6.78. The molecule has 0 radical (unpaired) electrons. The lowest BCUT2D eigenvalue weighted by atomic mass is 10.1. The van der Waals surface area contributed by atoms with Crippen molar-refractivity contribution in [3.05, 3.63) is 34.9 Å². The van der Waals surface area contributed by atoms with Crippen molar-refractivity contribution in [2.75, 3.05) is 0 Å². The lowest BCUT2D eigenvalue weighted by Gasteiger charge is -2.11. The second-order valence-corrected chi connectivity index (χ2v) is 5.32. The standard InChI is InChI=1S/C11H7BrClIO2/c1-2-9(14)16-11(15)10(12)7-3-5-8(13)6-4-7/h1,3-6,9-10H. The third-order valence-electron chi connectivity index (χ3n) is 1.72. The van der Waals surface area contributed by atoms with E-state index in [1.165, 1.54) is 0 Å². The summed E-state index contributed by atoms with van der Waals surface area (Å²) in [7, 11) is 0. The Morgan fingerprint density at radius 3 is 2.56 bits per heavy atom. The van der Waals surface area contributed by atoms with Gasteiger partial charge >= 0.3 is 5.97 Å². The summed E-state index contributed by atoms with van der Waals surface area (Å²) in [6.07, 6.45) is 5.11. The van der Waals surface area contributed by atoms with Crippen LogP contribution in [0.1, 0.15) is 10.4 Å². The van der Waals surface area contributed by atoms with Gasteiger partial charge in [0, 0.05) is 5.02 Å². The minimum absolute atomic E-state index is 0.417. The second-order valence-electron chi connectivity index (χ2n) is 2.83. The summed E-state index contributed by atoms with van der Waals surface area (Å²) in [5.74, 6) is 1.90. The number of carbonyl (C=O) groups is 1. The predicted octanol–water partition coefficient (Wildman–Crippen LogP) is 3.71. The number of alkyl halides is 2. The highest BCUT2D eigenvalue weighted by molar-refractivity contribution is 14.1. The summed E-state index contributed by atoms with van der Waals surface area (Å²) in [5.41, 5.74) is 0.773. The molecule has 2 atom stereocenters. The van der Waals surface area contributed by atoms with Crippen LogP contribution in [0, 0.1) is 12.3 Å². The van der Waals surface area contributed by atoms with Crippen LogP contribution in [-0.2, 0) is 9.53 Å². The Bertz CT molecular complexity index is 413. The van der Waals surface area contributed by atoms with Crippen molar-refractivity contribution in [2.45, 2.75) is 8.94 Å². The lowest BCUT2D eigenvalue weighted by Crippen LogP contribution is -2.15. The molecule has 0 aliphatic carbocycles. The summed E-state index contributed by atoms with van der Waals surface area (Å²) in [6.45, 7) is 0. The zero-order chi connectivity index (χ0) is 12.1. The maximum atomic E-state index is 11.6. The summed E-state index contributed by atoms with van der Waals surface area (Å²) in [4.78, 5) is 11.1. The molecule has 0 aliphatic heterocycles. The van der Waals surface area contributed by atoms with Crippen molar-refractivity contribution in [3.63, 3.8) is 0 Å². The Hall–Kier alpha value is -0.250. The molecule has 0 spiro atoms. The molecule has 0 heterocycles. The van der Waals surface area contributed by atoms with Gasteiger partial charge in [-0.15, -0.1) is 6.42 Å². The van der Waals surface area contributed by atoms with E-state index in [0.29, 0.717) is 5.02 Å². The molecule has 0 fully saturated rings. The van der Waals surface area contributed by atoms with Crippen LogP contribution in [0.5, 0.6) is 0 Å². The number of hydrogen-bond acceptors (Lipinski definition) is 2. The molecule has 0 bridgehead atoms. The molecule has 2 nitrogen and oxygen atoms in total. The van der Waals surface area contributed by atoms with Crippen LogP contribution in [0.3, 0.4) is 0 Å². The van der Waals surface area contributed by atoms with E-state index in [1.807, 2.05) is 22.6 Å². The average molecular weight is 413 g/mol. The molecule has 2 unspecified atom stereocenters. The number of halogens is 3. The molecule has 1 aromatic carbocycles. The Labute approximate surface area is 121 Å². The molecule has 1 rings (SSSR count). The predicted molar refractivity (Wildman–Crippen MR) is 75.9 cm³/mol. The van der Waals surface area contributed by atoms with Crippen molar-refractivity contribution in [1.29, 1.82) is 0 Å². The van der Waals surface area contributed by atoms with Gasteiger partial charge in [-0.2, -0.15) is 0 Å². The number of rotatable bonds is 3. The van der Waals surface area contributed by atoms with E-state index in [-0.39, 0.29) is 0 Å². The van der Waals surface area contributed by atoms with Crippen molar-refractivity contribution < 1.29 is 9.53 Å². The first-order chi connectivity index (χ1) is 7.54. The van der Waals surface area contributed by atoms with Gasteiger partial charge in [0.2, 0.25) is 4.11 Å². The Kier molecular flexibility index (Phi) is 5.59. The molecule has 0 saturated carbocycles. The van der Waals surface area contributed by atoms with Gasteiger partial charge < -0.3 is 4.74 Å². The van der Waals surface area contributed by atoms with Crippen LogP contribution < -0.4 is 0 Å². The highest BCUT2D eigenvalue weighted by atomic mass is 127. The average Bonchev–Trinajstić information content (AvgIpc) is 2.28. The van der Waals surface area contributed by atoms with Gasteiger partial charge in [-0.05, 0) is 40.3 Å². The van der Waals surface area contributed by atoms with E-state index in [9.17, 15) is 4.79 Å². The van der Waals surface area contributed by atoms with Crippen molar-refractivity contribution in [1.82, 2.24) is 0 Å². The second kappa shape index (κ2) is 6.48. The van der Waals surface area contributed by atoms with Gasteiger partial charge in [0.05, 0.1) is 0 Å². The van der Waals surface area contributed by atoms with Gasteiger partial charge in [-0.1, -0.05) is 45.6 Å². The third kappa shape index (κ3) is 3.96. The number of benzene rings is 1. The minimum atomic E-state index is -0.558. The van der Waals surface area contributed by atoms with E-state index in [1.54, 1.807) is 24.3 Å². The SMILES string of the molecule is C#CC(I)OC(=O)C(Br)c1ccc(Cl)cc1. The Morgan fingerprint density at radius 2 is 2.06 bits per heavy atom. The van der Waals surface area contributed by atoms with Gasteiger partial charge in [-0.25, -0.2) is 0 Å². The fourth-order valence-electron chi connectivity index (χ4n) is 0.964. The lowest BCUT2D eigenvalue weighted by molar-refractivity contribution is -0.142. The first kappa shape index (κ1) is 13.8. The maximum absolute atomic E-state index is 11.6. The summed E-state index contributed by atoms with van der Waals surface area (Å²) in [5, 5.41) is 0.618. The number of esters is 1. The van der Waals surface area contributed by atoms with E-state index in [2.05, 4.69) is 21.9 Å². The van der Waals surface area contributed by atoms with Crippen molar-refractivity contribution >= 4 is 56.1 Å². The molecule has 0 aliphatic rings. The summed E-state index contributed by atoms with van der Waals surface area (Å²) in [6, 6.07) is 6.92. The van der Waals surface area contributed by atoms with Gasteiger partial charge in [0.15, 0.2) is 0 Å². The topological polar surface area (TPSA) is 26.3 Å². The van der Waals surface area contributed by atoms with E-state index in [4.69, 9.17) is 22.8 Å². The first-order valence-electron chi connectivity index (χ1n) is 4.25. The van der Waals surface area contributed by atoms with Gasteiger partial charge in [-0.3, -0.25) is 4.79 Å². The summed E-state index contributed by atoms with van der Waals surface area (Å²) >= 11 is 10.8. The molecule has 0 N–H and O–H groups in total. The quantitative estimate of drug-likeness (QED) is 0.327.